The molecule has 2 N–H and O–H groups in total. The molecule has 0 bridgehead atoms. The number of benzene rings is 2. The predicted molar refractivity (Wildman–Crippen MR) is 134 cm³/mol. The number of para-hydroxylation sites is 2. The summed E-state index contributed by atoms with van der Waals surface area (Å²) in [5, 5.41) is 19.3. The van der Waals surface area contributed by atoms with E-state index in [0.29, 0.717) is 29.3 Å². The van der Waals surface area contributed by atoms with E-state index >= 15 is 0 Å². The molecular formula is C25H26N4O6S. The van der Waals surface area contributed by atoms with Crippen LogP contribution in [-0.2, 0) is 6.61 Å². The van der Waals surface area contributed by atoms with Gasteiger partial charge in [0.2, 0.25) is 0 Å². The normalized spacial score (nSPS) is 17.1. The number of rotatable bonds is 9. The van der Waals surface area contributed by atoms with E-state index in [1.54, 1.807) is 24.6 Å². The fraction of sp³-hybridized carbons (Fsp3) is 0.320. The van der Waals surface area contributed by atoms with Gasteiger partial charge in [-0.2, -0.15) is 0 Å². The smallest absolute Gasteiger partial charge is 0.271 e. The maximum atomic E-state index is 12.9. The number of nitro groups is 1. The van der Waals surface area contributed by atoms with Gasteiger partial charge in [-0.05, 0) is 31.0 Å². The Morgan fingerprint density at radius 3 is 2.44 bits per heavy atom. The first-order chi connectivity index (χ1) is 17.4. The summed E-state index contributed by atoms with van der Waals surface area (Å²) < 4.78 is 11.1. The van der Waals surface area contributed by atoms with Crippen LogP contribution in [0, 0.1) is 10.1 Å². The van der Waals surface area contributed by atoms with E-state index in [2.05, 4.69) is 15.6 Å². The molecule has 1 saturated carbocycles. The van der Waals surface area contributed by atoms with Crippen molar-refractivity contribution in [2.24, 2.45) is 0 Å². The minimum atomic E-state index is -0.538. The lowest BCUT2D eigenvalue weighted by atomic mass is 9.90. The van der Waals surface area contributed by atoms with Crippen LogP contribution in [0.2, 0.25) is 0 Å². The zero-order chi connectivity index (χ0) is 25.5. The zero-order valence-electron chi connectivity index (χ0n) is 19.6. The number of amides is 2. The van der Waals surface area contributed by atoms with Gasteiger partial charge in [0, 0.05) is 35.2 Å². The number of non-ortho nitro benzene ring substituents is 1. The molecule has 11 heteroatoms. The van der Waals surface area contributed by atoms with E-state index in [1.165, 1.54) is 35.6 Å². The van der Waals surface area contributed by atoms with Crippen LogP contribution in [0.4, 0.5) is 5.69 Å². The van der Waals surface area contributed by atoms with Crippen LogP contribution in [0.3, 0.4) is 0 Å². The van der Waals surface area contributed by atoms with Crippen LogP contribution in [-0.4, -0.2) is 40.9 Å². The molecule has 0 radical (unpaired) electrons. The Kier molecular flexibility index (Phi) is 8.11. The molecule has 3 aromatic rings. The Morgan fingerprint density at radius 2 is 1.75 bits per heavy atom. The summed E-state index contributed by atoms with van der Waals surface area (Å²) in [6.45, 7) is 0.198. The summed E-state index contributed by atoms with van der Waals surface area (Å²) >= 11 is 1.32. The summed E-state index contributed by atoms with van der Waals surface area (Å²) in [7, 11) is 1.57. The highest BCUT2D eigenvalue weighted by Gasteiger charge is 2.29. The first-order valence-electron chi connectivity index (χ1n) is 11.5. The Balaban J connectivity index is 1.36. The lowest BCUT2D eigenvalue weighted by Gasteiger charge is -2.32. The lowest BCUT2D eigenvalue weighted by molar-refractivity contribution is -0.384. The van der Waals surface area contributed by atoms with Crippen molar-refractivity contribution in [1.82, 2.24) is 15.6 Å². The SMILES string of the molecule is COc1ccccc1OCc1nc(C(=O)N[C@@H]2CCCC[C@H]2NC(=O)c2cccc([N+](=O)[O-])c2)cs1. The average molecular weight is 511 g/mol. The van der Waals surface area contributed by atoms with Gasteiger partial charge in [0.15, 0.2) is 11.5 Å². The molecule has 2 aromatic carbocycles. The first kappa shape index (κ1) is 25.1. The number of carbonyl (C=O) groups is 2. The largest absolute Gasteiger partial charge is 0.493 e. The molecule has 1 heterocycles. The number of ether oxygens (including phenoxy) is 2. The number of carbonyl (C=O) groups excluding carboxylic acids is 2. The van der Waals surface area contributed by atoms with E-state index in [0.717, 1.165) is 12.8 Å². The number of nitrogens with zero attached hydrogens (tertiary/aromatic N) is 2. The van der Waals surface area contributed by atoms with E-state index in [4.69, 9.17) is 9.47 Å². The molecule has 1 aliphatic carbocycles. The number of nitrogens with one attached hydrogen (secondary N) is 2. The number of nitro benzene ring substituents is 1. The molecule has 188 valence electrons. The van der Waals surface area contributed by atoms with E-state index in [9.17, 15) is 19.7 Å². The first-order valence-corrected chi connectivity index (χ1v) is 12.4. The van der Waals surface area contributed by atoms with Crippen LogP contribution < -0.4 is 20.1 Å². The summed E-state index contributed by atoms with van der Waals surface area (Å²) in [5.41, 5.74) is 0.345. The maximum absolute atomic E-state index is 12.9. The number of aromatic nitrogens is 1. The maximum Gasteiger partial charge on any atom is 0.271 e. The van der Waals surface area contributed by atoms with Crippen molar-refractivity contribution in [3.63, 3.8) is 0 Å². The molecule has 2 amide bonds. The number of thiazole rings is 1. The van der Waals surface area contributed by atoms with Crippen molar-refractivity contribution in [2.75, 3.05) is 7.11 Å². The highest BCUT2D eigenvalue weighted by atomic mass is 32.1. The van der Waals surface area contributed by atoms with Crippen molar-refractivity contribution >= 4 is 28.8 Å². The second-order valence-corrected chi connectivity index (χ2v) is 9.26. The molecule has 1 aromatic heterocycles. The van der Waals surface area contributed by atoms with Crippen molar-refractivity contribution < 1.29 is 24.0 Å². The van der Waals surface area contributed by atoms with Crippen molar-refractivity contribution in [2.45, 2.75) is 44.4 Å². The molecule has 1 aliphatic rings. The average Bonchev–Trinajstić information content (AvgIpc) is 3.38. The third-order valence-corrected chi connectivity index (χ3v) is 6.75. The topological polar surface area (TPSA) is 133 Å². The van der Waals surface area contributed by atoms with Gasteiger partial charge in [-0.3, -0.25) is 19.7 Å². The van der Waals surface area contributed by atoms with Crippen LogP contribution in [0.15, 0.2) is 53.9 Å². The van der Waals surface area contributed by atoms with Gasteiger partial charge < -0.3 is 20.1 Å². The third-order valence-electron chi connectivity index (χ3n) is 5.92. The van der Waals surface area contributed by atoms with Gasteiger partial charge in [0.05, 0.1) is 12.0 Å². The second-order valence-electron chi connectivity index (χ2n) is 8.32. The highest BCUT2D eigenvalue weighted by molar-refractivity contribution is 7.09. The fourth-order valence-corrected chi connectivity index (χ4v) is 4.78. The molecule has 0 unspecified atom stereocenters. The summed E-state index contributed by atoms with van der Waals surface area (Å²) in [5.74, 6) is 0.471. The molecule has 36 heavy (non-hydrogen) atoms. The van der Waals surface area contributed by atoms with Gasteiger partial charge in [-0.1, -0.05) is 31.0 Å². The Labute approximate surface area is 211 Å². The fourth-order valence-electron chi connectivity index (χ4n) is 4.09. The van der Waals surface area contributed by atoms with Crippen LogP contribution in [0.1, 0.15) is 51.5 Å². The summed E-state index contributed by atoms with van der Waals surface area (Å²) in [6, 6.07) is 12.3. The minimum Gasteiger partial charge on any atom is -0.493 e. The highest BCUT2D eigenvalue weighted by Crippen LogP contribution is 2.27. The Morgan fingerprint density at radius 1 is 1.06 bits per heavy atom. The van der Waals surface area contributed by atoms with Crippen LogP contribution in [0.5, 0.6) is 11.5 Å². The standard InChI is InChI=1S/C25H26N4O6S/c1-34-21-11-4-5-12-22(21)35-14-23-26-20(15-36-23)25(31)28-19-10-3-2-9-18(19)27-24(30)16-7-6-8-17(13-16)29(32)33/h4-8,11-13,15,18-19H,2-3,9-10,14H2,1H3,(H,27,30)(H,28,31)/t18-,19-/m1/s1. The molecule has 10 nitrogen and oxygen atoms in total. The molecule has 1 fully saturated rings. The molecular weight excluding hydrogens is 484 g/mol. The van der Waals surface area contributed by atoms with Crippen molar-refractivity contribution in [1.29, 1.82) is 0 Å². The third kappa shape index (κ3) is 6.16. The zero-order valence-corrected chi connectivity index (χ0v) is 20.5. The number of methoxy groups -OCH3 is 1. The predicted octanol–water partition coefficient (Wildman–Crippen LogP) is 4.11. The Bertz CT molecular complexity index is 1250. The van der Waals surface area contributed by atoms with Gasteiger partial charge in [0.1, 0.15) is 17.3 Å². The van der Waals surface area contributed by atoms with Crippen LogP contribution >= 0.6 is 11.3 Å². The van der Waals surface area contributed by atoms with Gasteiger partial charge in [-0.25, -0.2) is 4.98 Å². The molecule has 0 spiro atoms. The monoisotopic (exact) mass is 510 g/mol. The van der Waals surface area contributed by atoms with E-state index < -0.39 is 10.8 Å². The Hall–Kier alpha value is -3.99. The minimum absolute atomic E-state index is 0.148. The quantitative estimate of drug-likeness (QED) is 0.327. The van der Waals surface area contributed by atoms with Crippen LogP contribution in [0.25, 0.3) is 0 Å². The number of hydrogen-bond acceptors (Lipinski definition) is 8. The van der Waals surface area contributed by atoms with Gasteiger partial charge in [0.25, 0.3) is 17.5 Å². The number of hydrogen-bond donors (Lipinski definition) is 2. The van der Waals surface area contributed by atoms with Crippen molar-refractivity contribution in [3.8, 4) is 11.5 Å². The molecule has 0 aliphatic heterocycles. The molecule has 4 rings (SSSR count). The lowest BCUT2D eigenvalue weighted by Crippen LogP contribution is -2.53. The van der Waals surface area contributed by atoms with E-state index in [-0.39, 0.29) is 41.5 Å². The molecule has 2 atom stereocenters. The molecule has 0 saturated heterocycles. The van der Waals surface area contributed by atoms with E-state index in [1.807, 2.05) is 12.1 Å². The second kappa shape index (κ2) is 11.6. The van der Waals surface area contributed by atoms with Gasteiger partial charge >= 0.3 is 0 Å². The summed E-state index contributed by atoms with van der Waals surface area (Å²) in [4.78, 5) is 40.5. The van der Waals surface area contributed by atoms with Crippen molar-refractivity contribution in [3.05, 3.63) is 80.3 Å². The van der Waals surface area contributed by atoms with Gasteiger partial charge in [-0.15, -0.1) is 11.3 Å². The summed E-state index contributed by atoms with van der Waals surface area (Å²) in [6.07, 6.45) is 3.23.